The first-order valence-corrected chi connectivity index (χ1v) is 7.13. The minimum absolute atomic E-state index is 0.101. The van der Waals surface area contributed by atoms with Gasteiger partial charge >= 0.3 is 0 Å². The number of hydrogen-bond acceptors (Lipinski definition) is 3. The third kappa shape index (κ3) is 2.82. The standard InChI is InChI=1S/C18H16N2O2/c21-12-11-20-17(15-9-5-2-6-10-15)19-16(18(20)22)13-14-7-3-1-4-8-14/h1-10,13,21H,11-12H2. The molecule has 0 aliphatic carbocycles. The predicted molar refractivity (Wildman–Crippen MR) is 86.2 cm³/mol. The topological polar surface area (TPSA) is 52.9 Å². The van der Waals surface area contributed by atoms with E-state index in [0.717, 1.165) is 11.1 Å². The van der Waals surface area contributed by atoms with Crippen molar-refractivity contribution in [3.05, 3.63) is 77.5 Å². The molecule has 0 spiro atoms. The van der Waals surface area contributed by atoms with Crippen LogP contribution in [0.25, 0.3) is 6.08 Å². The summed E-state index contributed by atoms with van der Waals surface area (Å²) in [5, 5.41) is 9.22. The molecule has 1 aliphatic rings. The van der Waals surface area contributed by atoms with Crippen molar-refractivity contribution in [2.24, 2.45) is 4.99 Å². The Morgan fingerprint density at radius 2 is 1.64 bits per heavy atom. The Bertz CT molecular complexity index is 721. The Morgan fingerprint density at radius 3 is 2.27 bits per heavy atom. The average molecular weight is 292 g/mol. The number of aliphatic hydroxyl groups excluding tert-OH is 1. The molecule has 1 amide bonds. The molecule has 1 N–H and O–H groups in total. The lowest BCUT2D eigenvalue weighted by molar-refractivity contribution is -0.122. The predicted octanol–water partition coefficient (Wildman–Crippen LogP) is 2.31. The molecule has 2 aromatic rings. The maximum absolute atomic E-state index is 12.5. The van der Waals surface area contributed by atoms with E-state index in [1.807, 2.05) is 60.7 Å². The van der Waals surface area contributed by atoms with E-state index in [1.165, 1.54) is 4.90 Å². The molecular formula is C18H16N2O2. The minimum atomic E-state index is -0.184. The van der Waals surface area contributed by atoms with Gasteiger partial charge in [0.05, 0.1) is 13.2 Å². The second-order valence-electron chi connectivity index (χ2n) is 4.92. The molecule has 1 heterocycles. The van der Waals surface area contributed by atoms with E-state index in [4.69, 9.17) is 0 Å². The Kier molecular flexibility index (Phi) is 4.12. The fourth-order valence-corrected chi connectivity index (χ4v) is 2.37. The van der Waals surface area contributed by atoms with Crippen molar-refractivity contribution in [3.63, 3.8) is 0 Å². The number of aliphatic hydroxyl groups is 1. The van der Waals surface area contributed by atoms with E-state index in [0.29, 0.717) is 11.5 Å². The molecule has 0 aromatic heterocycles. The van der Waals surface area contributed by atoms with Crippen LogP contribution < -0.4 is 0 Å². The zero-order chi connectivity index (χ0) is 15.4. The van der Waals surface area contributed by atoms with Gasteiger partial charge in [0.2, 0.25) is 0 Å². The summed E-state index contributed by atoms with van der Waals surface area (Å²) in [5.41, 5.74) is 2.17. The van der Waals surface area contributed by atoms with Gasteiger partial charge in [-0.3, -0.25) is 9.69 Å². The first kappa shape index (κ1) is 14.2. The smallest absolute Gasteiger partial charge is 0.278 e. The quantitative estimate of drug-likeness (QED) is 0.879. The van der Waals surface area contributed by atoms with Gasteiger partial charge in [0.25, 0.3) is 5.91 Å². The fourth-order valence-electron chi connectivity index (χ4n) is 2.37. The summed E-state index contributed by atoms with van der Waals surface area (Å²) in [6, 6.07) is 19.1. The SMILES string of the molecule is O=C1C(=Cc2ccccc2)N=C(c2ccccc2)N1CCO. The van der Waals surface area contributed by atoms with Crippen LogP contribution in [-0.4, -0.2) is 34.9 Å². The van der Waals surface area contributed by atoms with Crippen LogP contribution in [0.15, 0.2) is 71.4 Å². The largest absolute Gasteiger partial charge is 0.395 e. The first-order chi connectivity index (χ1) is 10.8. The first-order valence-electron chi connectivity index (χ1n) is 7.13. The molecule has 0 fully saturated rings. The fraction of sp³-hybridized carbons (Fsp3) is 0.111. The van der Waals surface area contributed by atoms with Crippen LogP contribution in [0.5, 0.6) is 0 Å². The van der Waals surface area contributed by atoms with Crippen molar-refractivity contribution in [2.45, 2.75) is 0 Å². The second kappa shape index (κ2) is 6.37. The highest BCUT2D eigenvalue weighted by molar-refractivity contribution is 6.19. The average Bonchev–Trinajstić information content (AvgIpc) is 2.87. The third-order valence-electron chi connectivity index (χ3n) is 3.40. The number of benzene rings is 2. The van der Waals surface area contributed by atoms with Crippen molar-refractivity contribution in [3.8, 4) is 0 Å². The number of rotatable bonds is 4. The van der Waals surface area contributed by atoms with E-state index >= 15 is 0 Å². The van der Waals surface area contributed by atoms with Gasteiger partial charge in [-0.2, -0.15) is 0 Å². The highest BCUT2D eigenvalue weighted by Gasteiger charge is 2.30. The zero-order valence-corrected chi connectivity index (χ0v) is 12.0. The molecule has 0 bridgehead atoms. The summed E-state index contributed by atoms with van der Waals surface area (Å²) in [5.74, 6) is 0.401. The van der Waals surface area contributed by atoms with E-state index < -0.39 is 0 Å². The van der Waals surface area contributed by atoms with Crippen LogP contribution in [0, 0.1) is 0 Å². The highest BCUT2D eigenvalue weighted by atomic mass is 16.3. The molecular weight excluding hydrogens is 276 g/mol. The van der Waals surface area contributed by atoms with Crippen LogP contribution in [-0.2, 0) is 4.79 Å². The van der Waals surface area contributed by atoms with E-state index in [1.54, 1.807) is 6.08 Å². The molecule has 0 radical (unpaired) electrons. The molecule has 4 heteroatoms. The number of carbonyl (C=O) groups excluding carboxylic acids is 1. The van der Waals surface area contributed by atoms with Crippen molar-refractivity contribution in [1.82, 2.24) is 4.90 Å². The number of amides is 1. The number of nitrogens with zero attached hydrogens (tertiary/aromatic N) is 2. The highest BCUT2D eigenvalue weighted by Crippen LogP contribution is 2.21. The molecule has 2 aromatic carbocycles. The summed E-state index contributed by atoms with van der Waals surface area (Å²) in [6.45, 7) is 0.134. The van der Waals surface area contributed by atoms with Crippen molar-refractivity contribution in [1.29, 1.82) is 0 Å². The van der Waals surface area contributed by atoms with Gasteiger partial charge < -0.3 is 5.11 Å². The number of aliphatic imine (C=N–C) groups is 1. The Hall–Kier alpha value is -2.72. The van der Waals surface area contributed by atoms with Gasteiger partial charge in [-0.25, -0.2) is 4.99 Å². The summed E-state index contributed by atoms with van der Waals surface area (Å²) in [6.07, 6.45) is 1.77. The van der Waals surface area contributed by atoms with Crippen LogP contribution in [0.4, 0.5) is 0 Å². The molecule has 0 unspecified atom stereocenters. The maximum atomic E-state index is 12.5. The lowest BCUT2D eigenvalue weighted by atomic mass is 10.2. The third-order valence-corrected chi connectivity index (χ3v) is 3.40. The molecule has 4 nitrogen and oxygen atoms in total. The maximum Gasteiger partial charge on any atom is 0.278 e. The lowest BCUT2D eigenvalue weighted by Crippen LogP contribution is -2.35. The molecule has 0 atom stereocenters. The summed E-state index contributed by atoms with van der Waals surface area (Å²) >= 11 is 0. The molecule has 22 heavy (non-hydrogen) atoms. The molecule has 110 valence electrons. The number of carbonyl (C=O) groups is 1. The van der Waals surface area contributed by atoms with Crippen molar-refractivity contribution >= 4 is 17.8 Å². The van der Waals surface area contributed by atoms with Gasteiger partial charge in [-0.05, 0) is 11.6 Å². The second-order valence-corrected chi connectivity index (χ2v) is 4.92. The Labute approximate surface area is 129 Å². The molecule has 0 saturated carbocycles. The van der Waals surface area contributed by atoms with Crippen LogP contribution in [0.1, 0.15) is 11.1 Å². The summed E-state index contributed by atoms with van der Waals surface area (Å²) < 4.78 is 0. The van der Waals surface area contributed by atoms with Crippen molar-refractivity contribution < 1.29 is 9.90 Å². The van der Waals surface area contributed by atoms with Gasteiger partial charge in [-0.1, -0.05) is 60.7 Å². The van der Waals surface area contributed by atoms with Gasteiger partial charge in [0, 0.05) is 5.56 Å². The Balaban J connectivity index is 2.01. The van der Waals surface area contributed by atoms with Crippen molar-refractivity contribution in [2.75, 3.05) is 13.2 Å². The van der Waals surface area contributed by atoms with E-state index in [9.17, 15) is 9.90 Å². The summed E-state index contributed by atoms with van der Waals surface area (Å²) in [4.78, 5) is 18.5. The number of amidine groups is 1. The zero-order valence-electron chi connectivity index (χ0n) is 12.0. The molecule has 1 aliphatic heterocycles. The van der Waals surface area contributed by atoms with Gasteiger partial charge in [-0.15, -0.1) is 0 Å². The molecule has 3 rings (SSSR count). The number of hydrogen-bond donors (Lipinski definition) is 1. The normalized spacial score (nSPS) is 16.2. The number of β-amino-alcohol motifs (C(OH)–C–C–N with tert-alkyl or cyclic N) is 1. The Morgan fingerprint density at radius 1 is 1.00 bits per heavy atom. The van der Waals surface area contributed by atoms with Gasteiger partial charge in [0.1, 0.15) is 11.5 Å². The van der Waals surface area contributed by atoms with Gasteiger partial charge in [0.15, 0.2) is 0 Å². The lowest BCUT2D eigenvalue weighted by Gasteiger charge is -2.16. The van der Waals surface area contributed by atoms with E-state index in [-0.39, 0.29) is 19.1 Å². The summed E-state index contributed by atoms with van der Waals surface area (Å²) in [7, 11) is 0. The minimum Gasteiger partial charge on any atom is -0.395 e. The van der Waals surface area contributed by atoms with Crippen LogP contribution in [0.3, 0.4) is 0 Å². The monoisotopic (exact) mass is 292 g/mol. The van der Waals surface area contributed by atoms with Crippen LogP contribution >= 0.6 is 0 Å². The molecule has 0 saturated heterocycles. The van der Waals surface area contributed by atoms with E-state index in [2.05, 4.69) is 4.99 Å². The van der Waals surface area contributed by atoms with Crippen LogP contribution in [0.2, 0.25) is 0 Å².